The second-order valence-electron chi connectivity index (χ2n) is 9.48. The zero-order valence-electron chi connectivity index (χ0n) is 18.5. The Labute approximate surface area is 184 Å². The lowest BCUT2D eigenvalue weighted by atomic mass is 9.70. The highest BCUT2D eigenvalue weighted by Gasteiger charge is 2.49. The molecule has 0 saturated carbocycles. The van der Waals surface area contributed by atoms with E-state index in [1.54, 1.807) is 7.11 Å². The Hall–Kier alpha value is -2.47. The molecule has 0 N–H and O–H groups in total. The van der Waals surface area contributed by atoms with Gasteiger partial charge in [0.1, 0.15) is 5.75 Å². The van der Waals surface area contributed by atoms with Crippen LogP contribution in [0.1, 0.15) is 42.6 Å². The van der Waals surface area contributed by atoms with Crippen LogP contribution in [0.25, 0.3) is 0 Å². The van der Waals surface area contributed by atoms with Gasteiger partial charge in [-0.15, -0.1) is 0 Å². The van der Waals surface area contributed by atoms with E-state index in [1.165, 1.54) is 12.0 Å². The van der Waals surface area contributed by atoms with Crippen LogP contribution in [0.3, 0.4) is 0 Å². The number of aryl methyl sites for hydroxylation is 1. The van der Waals surface area contributed by atoms with Crippen molar-refractivity contribution in [1.29, 1.82) is 0 Å². The quantitative estimate of drug-likeness (QED) is 0.743. The number of hydrogen-bond donors (Lipinski definition) is 0. The Balaban J connectivity index is 1.40. The van der Waals surface area contributed by atoms with Gasteiger partial charge in [0.05, 0.1) is 18.5 Å². The molecule has 0 aliphatic carbocycles. The van der Waals surface area contributed by atoms with E-state index in [9.17, 15) is 4.79 Å². The first kappa shape index (κ1) is 20.4. The highest BCUT2D eigenvalue weighted by molar-refractivity contribution is 5.78. The minimum Gasteiger partial charge on any atom is -0.497 e. The zero-order valence-corrected chi connectivity index (χ0v) is 18.5. The lowest BCUT2D eigenvalue weighted by Gasteiger charge is -2.56. The van der Waals surface area contributed by atoms with E-state index in [0.717, 1.165) is 56.0 Å². The highest BCUT2D eigenvalue weighted by atomic mass is 16.5. The van der Waals surface area contributed by atoms with E-state index < -0.39 is 0 Å². The van der Waals surface area contributed by atoms with E-state index in [4.69, 9.17) is 4.74 Å². The number of ether oxygens (including phenoxy) is 1. The van der Waals surface area contributed by atoms with Crippen molar-refractivity contribution in [1.82, 2.24) is 19.8 Å². The lowest BCUT2D eigenvalue weighted by molar-refractivity contribution is -0.152. The summed E-state index contributed by atoms with van der Waals surface area (Å²) in [4.78, 5) is 26.9. The standard InChI is InChI=1S/C25H32N4O2/c1-17-12-27-21(13-26-17)16-28-14-19-11-20(15-28)24(29-23(19)7-4-8-25(29)30)10-18-5-3-6-22(9-18)31-2/h3,5-6,9,12-13,19-20,23-24H,4,7-8,10-11,14-16H2,1-2H3/t19-,20+,23+,24+/m1/s1. The third kappa shape index (κ3) is 4.18. The molecule has 0 unspecified atom stereocenters. The molecule has 3 saturated heterocycles. The monoisotopic (exact) mass is 420 g/mol. The van der Waals surface area contributed by atoms with Crippen molar-refractivity contribution < 1.29 is 9.53 Å². The number of rotatable bonds is 5. The molecule has 2 aromatic rings. The molecule has 6 heteroatoms. The van der Waals surface area contributed by atoms with Crippen molar-refractivity contribution in [3.05, 3.63) is 53.6 Å². The van der Waals surface area contributed by atoms with E-state index >= 15 is 0 Å². The molecule has 31 heavy (non-hydrogen) atoms. The van der Waals surface area contributed by atoms with Crippen LogP contribution in [0.5, 0.6) is 5.75 Å². The fraction of sp³-hybridized carbons (Fsp3) is 0.560. The van der Waals surface area contributed by atoms with Crippen LogP contribution in [0.2, 0.25) is 0 Å². The zero-order chi connectivity index (χ0) is 21.4. The number of carbonyl (C=O) groups excluding carboxylic acids is 1. The summed E-state index contributed by atoms with van der Waals surface area (Å²) < 4.78 is 5.44. The SMILES string of the molecule is COc1cccc(C[C@H]2[C@H]3C[C@H](CN(Cc4cnc(C)cn4)C3)[C@@H]3CCCC(=O)N32)c1. The Kier molecular flexibility index (Phi) is 5.65. The molecule has 3 aliphatic rings. The van der Waals surface area contributed by atoms with Crippen LogP contribution in [-0.2, 0) is 17.8 Å². The second kappa shape index (κ2) is 8.58. The first-order chi connectivity index (χ1) is 15.1. The van der Waals surface area contributed by atoms with Gasteiger partial charge in [0.2, 0.25) is 5.91 Å². The second-order valence-corrected chi connectivity index (χ2v) is 9.48. The molecular formula is C25H32N4O2. The Morgan fingerprint density at radius 2 is 2.03 bits per heavy atom. The minimum absolute atomic E-state index is 0.257. The van der Waals surface area contributed by atoms with Crippen molar-refractivity contribution in [2.75, 3.05) is 20.2 Å². The molecule has 4 heterocycles. The van der Waals surface area contributed by atoms with Gasteiger partial charge in [0, 0.05) is 50.5 Å². The van der Waals surface area contributed by atoms with Gasteiger partial charge in [-0.3, -0.25) is 19.7 Å². The van der Waals surface area contributed by atoms with Gasteiger partial charge in [-0.2, -0.15) is 0 Å². The first-order valence-electron chi connectivity index (χ1n) is 11.5. The topological polar surface area (TPSA) is 58.6 Å². The summed E-state index contributed by atoms with van der Waals surface area (Å²) in [7, 11) is 1.71. The average Bonchev–Trinajstić information content (AvgIpc) is 2.78. The number of amides is 1. The Morgan fingerprint density at radius 3 is 2.84 bits per heavy atom. The van der Waals surface area contributed by atoms with E-state index in [2.05, 4.69) is 38.0 Å². The number of aromatic nitrogens is 2. The summed E-state index contributed by atoms with van der Waals surface area (Å²) in [6.45, 7) is 4.87. The molecule has 5 rings (SSSR count). The summed E-state index contributed by atoms with van der Waals surface area (Å²) in [5.74, 6) is 2.29. The third-order valence-electron chi connectivity index (χ3n) is 7.37. The third-order valence-corrected chi connectivity index (χ3v) is 7.37. The lowest BCUT2D eigenvalue weighted by Crippen LogP contribution is -2.65. The molecule has 3 fully saturated rings. The van der Waals surface area contributed by atoms with Crippen LogP contribution in [0, 0.1) is 18.8 Å². The molecule has 164 valence electrons. The number of hydrogen-bond acceptors (Lipinski definition) is 5. The van der Waals surface area contributed by atoms with Gasteiger partial charge in [-0.25, -0.2) is 0 Å². The summed E-state index contributed by atoms with van der Waals surface area (Å²) >= 11 is 0. The van der Waals surface area contributed by atoms with Gasteiger partial charge in [-0.05, 0) is 62.1 Å². The van der Waals surface area contributed by atoms with Crippen LogP contribution in [0.15, 0.2) is 36.7 Å². The molecule has 0 radical (unpaired) electrons. The highest BCUT2D eigenvalue weighted by Crippen LogP contribution is 2.43. The van der Waals surface area contributed by atoms with Crippen LogP contribution >= 0.6 is 0 Å². The summed E-state index contributed by atoms with van der Waals surface area (Å²) in [5, 5.41) is 0. The van der Waals surface area contributed by atoms with Gasteiger partial charge in [-0.1, -0.05) is 12.1 Å². The molecule has 2 bridgehead atoms. The maximum atomic E-state index is 13.1. The average molecular weight is 421 g/mol. The predicted octanol–water partition coefficient (Wildman–Crippen LogP) is 3.24. The summed E-state index contributed by atoms with van der Waals surface area (Å²) in [5.41, 5.74) is 3.24. The normalized spacial score (nSPS) is 28.3. The molecule has 1 aromatic carbocycles. The maximum absolute atomic E-state index is 13.1. The summed E-state index contributed by atoms with van der Waals surface area (Å²) in [6.07, 6.45) is 8.74. The molecule has 3 aliphatic heterocycles. The van der Waals surface area contributed by atoms with Crippen molar-refractivity contribution in [2.45, 2.75) is 57.7 Å². The molecule has 6 nitrogen and oxygen atoms in total. The Bertz CT molecular complexity index is 931. The summed E-state index contributed by atoms with van der Waals surface area (Å²) in [6, 6.07) is 8.96. The van der Waals surface area contributed by atoms with Crippen molar-refractivity contribution in [2.24, 2.45) is 11.8 Å². The Morgan fingerprint density at radius 1 is 1.16 bits per heavy atom. The number of piperidine rings is 3. The van der Waals surface area contributed by atoms with Gasteiger partial charge < -0.3 is 9.64 Å². The van der Waals surface area contributed by atoms with Gasteiger partial charge >= 0.3 is 0 Å². The number of nitrogens with zero attached hydrogens (tertiary/aromatic N) is 4. The molecule has 0 spiro atoms. The van der Waals surface area contributed by atoms with Crippen LogP contribution in [-0.4, -0.2) is 58.0 Å². The molecule has 4 atom stereocenters. The largest absolute Gasteiger partial charge is 0.497 e. The van der Waals surface area contributed by atoms with Crippen LogP contribution < -0.4 is 4.74 Å². The van der Waals surface area contributed by atoms with Crippen molar-refractivity contribution in [3.63, 3.8) is 0 Å². The maximum Gasteiger partial charge on any atom is 0.223 e. The van der Waals surface area contributed by atoms with E-state index in [0.29, 0.717) is 30.2 Å². The van der Waals surface area contributed by atoms with Gasteiger partial charge in [0.15, 0.2) is 0 Å². The predicted molar refractivity (Wildman–Crippen MR) is 119 cm³/mol. The molecule has 1 aromatic heterocycles. The number of likely N-dealkylation sites (tertiary alicyclic amines) is 1. The van der Waals surface area contributed by atoms with E-state index in [1.807, 2.05) is 25.4 Å². The number of carbonyl (C=O) groups is 1. The van der Waals surface area contributed by atoms with Crippen LogP contribution in [0.4, 0.5) is 0 Å². The van der Waals surface area contributed by atoms with Gasteiger partial charge in [0.25, 0.3) is 0 Å². The fourth-order valence-corrected chi connectivity index (χ4v) is 6.03. The number of fused-ring (bicyclic) bond motifs is 4. The van der Waals surface area contributed by atoms with Crippen molar-refractivity contribution in [3.8, 4) is 5.75 Å². The molecule has 1 amide bonds. The number of benzene rings is 1. The minimum atomic E-state index is 0.257. The molecular weight excluding hydrogens is 388 g/mol. The fourth-order valence-electron chi connectivity index (χ4n) is 6.03. The first-order valence-corrected chi connectivity index (χ1v) is 11.5. The number of methoxy groups -OCH3 is 1. The van der Waals surface area contributed by atoms with E-state index in [-0.39, 0.29) is 6.04 Å². The van der Waals surface area contributed by atoms with Crippen molar-refractivity contribution >= 4 is 5.91 Å². The smallest absolute Gasteiger partial charge is 0.223 e.